The van der Waals surface area contributed by atoms with Gasteiger partial charge in [0.25, 0.3) is 5.69 Å². The van der Waals surface area contributed by atoms with Gasteiger partial charge >= 0.3 is 0 Å². The molecule has 1 aromatic rings. The van der Waals surface area contributed by atoms with Crippen LogP contribution >= 0.6 is 0 Å². The average molecular weight is 343 g/mol. The summed E-state index contributed by atoms with van der Waals surface area (Å²) < 4.78 is 26.1. The largest absolute Gasteiger partial charge is 0.342 e. The molecule has 1 aromatic carbocycles. The maximum Gasteiger partial charge on any atom is 0.270 e. The molecule has 0 aliphatic rings. The molecule has 0 bridgehead atoms. The van der Waals surface area contributed by atoms with E-state index < -0.39 is 14.9 Å². The summed E-state index contributed by atoms with van der Waals surface area (Å²) >= 11 is 0. The summed E-state index contributed by atoms with van der Waals surface area (Å²) in [5.74, 6) is -0.316. The molecule has 0 saturated heterocycles. The Hall–Kier alpha value is -2.00. The first-order valence-electron chi connectivity index (χ1n) is 7.14. The minimum absolute atomic E-state index is 0.165. The van der Waals surface area contributed by atoms with Crippen LogP contribution < -0.4 is 0 Å². The SMILES string of the molecule is CCN(CC)C(=O)CN(C)S(=O)(=O)c1cc([N+](=O)[O-])ccc1C. The van der Waals surface area contributed by atoms with E-state index in [1.165, 1.54) is 24.1 Å². The van der Waals surface area contributed by atoms with Crippen molar-refractivity contribution >= 4 is 21.6 Å². The highest BCUT2D eigenvalue weighted by molar-refractivity contribution is 7.89. The molecule has 0 radical (unpaired) electrons. The van der Waals surface area contributed by atoms with E-state index >= 15 is 0 Å². The van der Waals surface area contributed by atoms with Gasteiger partial charge in [0.15, 0.2) is 0 Å². The molecule has 1 rings (SSSR count). The van der Waals surface area contributed by atoms with Crippen LogP contribution in [-0.4, -0.2) is 55.1 Å². The smallest absolute Gasteiger partial charge is 0.270 e. The van der Waals surface area contributed by atoms with Crippen LogP contribution in [0.25, 0.3) is 0 Å². The topological polar surface area (TPSA) is 101 Å². The zero-order valence-corrected chi connectivity index (χ0v) is 14.5. The van der Waals surface area contributed by atoms with E-state index in [1.807, 2.05) is 0 Å². The van der Waals surface area contributed by atoms with Gasteiger partial charge in [0, 0.05) is 32.3 Å². The molecule has 128 valence electrons. The summed E-state index contributed by atoms with van der Waals surface area (Å²) in [4.78, 5) is 23.6. The summed E-state index contributed by atoms with van der Waals surface area (Å²) in [6.45, 7) is 5.82. The first-order chi connectivity index (χ1) is 10.6. The van der Waals surface area contributed by atoms with Gasteiger partial charge in [0.2, 0.25) is 15.9 Å². The summed E-state index contributed by atoms with van der Waals surface area (Å²) in [7, 11) is -2.70. The number of sulfonamides is 1. The van der Waals surface area contributed by atoms with E-state index in [0.29, 0.717) is 18.7 Å². The number of nitro groups is 1. The van der Waals surface area contributed by atoms with Crippen LogP contribution in [0.4, 0.5) is 5.69 Å². The van der Waals surface area contributed by atoms with E-state index in [1.54, 1.807) is 20.8 Å². The van der Waals surface area contributed by atoms with Crippen LogP contribution in [0.3, 0.4) is 0 Å². The normalized spacial score (nSPS) is 11.5. The molecule has 0 N–H and O–H groups in total. The Balaban J connectivity index is 3.13. The molecule has 23 heavy (non-hydrogen) atoms. The molecule has 1 amide bonds. The first-order valence-corrected chi connectivity index (χ1v) is 8.58. The highest BCUT2D eigenvalue weighted by Gasteiger charge is 2.27. The molecular formula is C14H21N3O5S. The van der Waals surface area contributed by atoms with Crippen molar-refractivity contribution in [1.29, 1.82) is 0 Å². The lowest BCUT2D eigenvalue weighted by Crippen LogP contribution is -2.41. The third-order valence-corrected chi connectivity index (χ3v) is 5.49. The van der Waals surface area contributed by atoms with Crippen molar-refractivity contribution in [2.45, 2.75) is 25.7 Å². The Morgan fingerprint density at radius 1 is 1.26 bits per heavy atom. The third-order valence-electron chi connectivity index (χ3n) is 3.54. The maximum atomic E-state index is 12.6. The number of hydrogen-bond donors (Lipinski definition) is 0. The van der Waals surface area contributed by atoms with Crippen LogP contribution in [-0.2, 0) is 14.8 Å². The summed E-state index contributed by atoms with van der Waals surface area (Å²) in [6.07, 6.45) is 0. The van der Waals surface area contributed by atoms with Crippen molar-refractivity contribution in [3.05, 3.63) is 33.9 Å². The minimum Gasteiger partial charge on any atom is -0.342 e. The van der Waals surface area contributed by atoms with Gasteiger partial charge in [-0.25, -0.2) is 8.42 Å². The van der Waals surface area contributed by atoms with E-state index in [4.69, 9.17) is 0 Å². The van der Waals surface area contributed by atoms with Crippen LogP contribution in [0.1, 0.15) is 19.4 Å². The number of hydrogen-bond acceptors (Lipinski definition) is 5. The second kappa shape index (κ2) is 7.51. The lowest BCUT2D eigenvalue weighted by molar-refractivity contribution is -0.385. The van der Waals surface area contributed by atoms with Crippen LogP contribution in [0.5, 0.6) is 0 Å². The van der Waals surface area contributed by atoms with Gasteiger partial charge in [0.1, 0.15) is 0 Å². The molecule has 0 heterocycles. The van der Waals surface area contributed by atoms with Crippen LogP contribution in [0, 0.1) is 17.0 Å². The van der Waals surface area contributed by atoms with Gasteiger partial charge in [-0.2, -0.15) is 4.31 Å². The molecule has 0 unspecified atom stereocenters. The van der Waals surface area contributed by atoms with E-state index in [2.05, 4.69) is 0 Å². The lowest BCUT2D eigenvalue weighted by atomic mass is 10.2. The highest BCUT2D eigenvalue weighted by atomic mass is 32.2. The number of aryl methyl sites for hydroxylation is 1. The number of nitro benzene ring substituents is 1. The van der Waals surface area contributed by atoms with Gasteiger partial charge < -0.3 is 4.90 Å². The second-order valence-corrected chi connectivity index (χ2v) is 7.05. The number of carbonyl (C=O) groups excluding carboxylic acids is 1. The third kappa shape index (κ3) is 4.26. The zero-order chi connectivity index (χ0) is 17.8. The Morgan fingerprint density at radius 2 is 1.83 bits per heavy atom. The number of likely N-dealkylation sites (N-methyl/N-ethyl adjacent to an activating group) is 2. The van der Waals surface area contributed by atoms with Crippen molar-refractivity contribution in [3.63, 3.8) is 0 Å². The number of benzene rings is 1. The van der Waals surface area contributed by atoms with E-state index in [0.717, 1.165) is 10.4 Å². The van der Waals surface area contributed by atoms with Crippen molar-refractivity contribution in [1.82, 2.24) is 9.21 Å². The molecule has 0 spiro atoms. The molecule has 0 atom stereocenters. The first kappa shape index (κ1) is 19.0. The van der Waals surface area contributed by atoms with Crippen molar-refractivity contribution in [3.8, 4) is 0 Å². The molecule has 0 aliphatic heterocycles. The fraction of sp³-hybridized carbons (Fsp3) is 0.500. The number of carbonyl (C=O) groups is 1. The van der Waals surface area contributed by atoms with E-state index in [9.17, 15) is 23.3 Å². The Labute approximate surface area is 135 Å². The Morgan fingerprint density at radius 3 is 2.30 bits per heavy atom. The Bertz CT molecular complexity index is 698. The van der Waals surface area contributed by atoms with Crippen LogP contribution in [0.15, 0.2) is 23.1 Å². The fourth-order valence-corrected chi connectivity index (χ4v) is 3.46. The van der Waals surface area contributed by atoms with Gasteiger partial charge in [0.05, 0.1) is 16.4 Å². The molecule has 8 nitrogen and oxygen atoms in total. The summed E-state index contributed by atoms with van der Waals surface area (Å²) in [6, 6.07) is 3.64. The molecule has 0 aromatic heterocycles. The summed E-state index contributed by atoms with van der Waals surface area (Å²) in [5.41, 5.74) is 0.0791. The van der Waals surface area contributed by atoms with Crippen LogP contribution in [0.2, 0.25) is 0 Å². The lowest BCUT2D eigenvalue weighted by Gasteiger charge is -2.23. The molecule has 0 fully saturated rings. The summed E-state index contributed by atoms with van der Waals surface area (Å²) in [5, 5.41) is 10.8. The van der Waals surface area contributed by atoms with Gasteiger partial charge in [-0.15, -0.1) is 0 Å². The predicted octanol–water partition coefficient (Wildman–Crippen LogP) is 1.39. The number of amides is 1. The van der Waals surface area contributed by atoms with Gasteiger partial charge in [-0.05, 0) is 26.3 Å². The average Bonchev–Trinajstić information content (AvgIpc) is 2.48. The Kier molecular flexibility index (Phi) is 6.22. The number of rotatable bonds is 7. The minimum atomic E-state index is -3.99. The van der Waals surface area contributed by atoms with Crippen molar-refractivity contribution in [2.24, 2.45) is 0 Å². The van der Waals surface area contributed by atoms with Gasteiger partial charge in [-0.3, -0.25) is 14.9 Å². The van der Waals surface area contributed by atoms with E-state index in [-0.39, 0.29) is 23.0 Å². The van der Waals surface area contributed by atoms with Crippen molar-refractivity contribution in [2.75, 3.05) is 26.7 Å². The highest BCUT2D eigenvalue weighted by Crippen LogP contribution is 2.24. The molecule has 0 aliphatic carbocycles. The molecule has 0 saturated carbocycles. The van der Waals surface area contributed by atoms with Crippen molar-refractivity contribution < 1.29 is 18.1 Å². The fourth-order valence-electron chi connectivity index (χ4n) is 2.10. The predicted molar refractivity (Wildman–Crippen MR) is 85.6 cm³/mol. The standard InChI is InChI=1S/C14H21N3O5S/c1-5-16(6-2)14(18)10-15(4)23(21,22)13-9-12(17(19)20)8-7-11(13)3/h7-9H,5-6,10H2,1-4H3. The monoisotopic (exact) mass is 343 g/mol. The molecule has 9 heteroatoms. The van der Waals surface area contributed by atoms with Gasteiger partial charge in [-0.1, -0.05) is 6.07 Å². The number of nitrogens with zero attached hydrogens (tertiary/aromatic N) is 3. The number of non-ortho nitro benzene ring substituents is 1. The quantitative estimate of drug-likeness (QED) is 0.550. The second-order valence-electron chi connectivity index (χ2n) is 5.03. The molecular weight excluding hydrogens is 322 g/mol. The zero-order valence-electron chi connectivity index (χ0n) is 13.6. The maximum absolute atomic E-state index is 12.6.